The van der Waals surface area contributed by atoms with E-state index >= 15 is 0 Å². The van der Waals surface area contributed by atoms with Crippen LogP contribution in [0.5, 0.6) is 5.75 Å². The Bertz CT molecular complexity index is 576. The highest BCUT2D eigenvalue weighted by Gasteiger charge is 2.14. The lowest BCUT2D eigenvalue weighted by molar-refractivity contribution is 0.102. The van der Waals surface area contributed by atoms with E-state index in [1.165, 1.54) is 0 Å². The van der Waals surface area contributed by atoms with E-state index in [2.05, 4.69) is 15.9 Å². The molecule has 0 aromatic heterocycles. The second-order valence-corrected chi connectivity index (χ2v) is 4.42. The van der Waals surface area contributed by atoms with Crippen LogP contribution in [0.2, 0.25) is 0 Å². The Kier molecular flexibility index (Phi) is 3.48. The first-order chi connectivity index (χ1) is 8.19. The first-order valence-electron chi connectivity index (χ1n) is 5.34. The number of Topliss-reactive ketones (excluding diaryl/α,β-unsaturated/α-hetero) is 1. The standard InChI is InChI=1S/C14H13BrO2/c1-9-12(13(16)8-15)7-10-5-3-4-6-11(10)14(9)17-2/h3-7H,8H2,1-2H3. The van der Waals surface area contributed by atoms with Gasteiger partial charge in [0, 0.05) is 16.5 Å². The Morgan fingerprint density at radius 2 is 2.06 bits per heavy atom. The Morgan fingerprint density at radius 3 is 2.71 bits per heavy atom. The summed E-state index contributed by atoms with van der Waals surface area (Å²) in [5, 5.41) is 2.40. The number of methoxy groups -OCH3 is 1. The van der Waals surface area contributed by atoms with E-state index in [1.807, 2.05) is 37.3 Å². The number of halogens is 1. The van der Waals surface area contributed by atoms with Crippen LogP contribution in [0.4, 0.5) is 0 Å². The number of alkyl halides is 1. The predicted molar refractivity (Wildman–Crippen MR) is 73.4 cm³/mol. The average Bonchev–Trinajstić information content (AvgIpc) is 2.37. The van der Waals surface area contributed by atoms with Gasteiger partial charge in [-0.15, -0.1) is 0 Å². The zero-order valence-corrected chi connectivity index (χ0v) is 11.4. The molecular formula is C14H13BrO2. The summed E-state index contributed by atoms with van der Waals surface area (Å²) >= 11 is 3.21. The molecule has 0 radical (unpaired) electrons. The largest absolute Gasteiger partial charge is 0.496 e. The minimum atomic E-state index is 0.0755. The van der Waals surface area contributed by atoms with Crippen LogP contribution in [0.15, 0.2) is 30.3 Å². The number of fused-ring (bicyclic) bond motifs is 1. The first kappa shape index (κ1) is 12.1. The van der Waals surface area contributed by atoms with E-state index in [9.17, 15) is 4.79 Å². The molecule has 0 aliphatic rings. The maximum absolute atomic E-state index is 11.8. The van der Waals surface area contributed by atoms with Crippen molar-refractivity contribution >= 4 is 32.5 Å². The molecule has 0 aliphatic carbocycles. The fourth-order valence-electron chi connectivity index (χ4n) is 2.04. The molecule has 0 fully saturated rings. The highest BCUT2D eigenvalue weighted by atomic mass is 79.9. The molecule has 0 saturated heterocycles. The summed E-state index contributed by atoms with van der Waals surface area (Å²) in [6.45, 7) is 1.92. The van der Waals surface area contributed by atoms with Gasteiger partial charge in [-0.05, 0) is 18.4 Å². The molecule has 0 amide bonds. The van der Waals surface area contributed by atoms with Crippen molar-refractivity contribution in [3.8, 4) is 5.75 Å². The van der Waals surface area contributed by atoms with Gasteiger partial charge in [0.25, 0.3) is 0 Å². The van der Waals surface area contributed by atoms with Gasteiger partial charge in [0.15, 0.2) is 5.78 Å². The van der Waals surface area contributed by atoms with Gasteiger partial charge in [-0.2, -0.15) is 0 Å². The molecule has 0 bridgehead atoms. The summed E-state index contributed by atoms with van der Waals surface area (Å²) in [5.74, 6) is 0.860. The molecule has 0 unspecified atom stereocenters. The molecule has 0 atom stereocenters. The molecule has 2 rings (SSSR count). The van der Waals surface area contributed by atoms with Crippen LogP contribution in [-0.2, 0) is 0 Å². The Morgan fingerprint density at radius 1 is 1.35 bits per heavy atom. The maximum Gasteiger partial charge on any atom is 0.173 e. The first-order valence-corrected chi connectivity index (χ1v) is 6.46. The third kappa shape index (κ3) is 2.07. The minimum absolute atomic E-state index is 0.0755. The number of rotatable bonds is 3. The van der Waals surface area contributed by atoms with Crippen LogP contribution in [0.25, 0.3) is 10.8 Å². The predicted octanol–water partition coefficient (Wildman–Crippen LogP) is 3.73. The Hall–Kier alpha value is -1.35. The molecule has 3 heteroatoms. The number of carbonyl (C=O) groups excluding carboxylic acids is 1. The summed E-state index contributed by atoms with van der Waals surface area (Å²) in [5.41, 5.74) is 1.62. The molecule has 2 aromatic carbocycles. The quantitative estimate of drug-likeness (QED) is 0.636. The van der Waals surface area contributed by atoms with Crippen molar-refractivity contribution in [1.29, 1.82) is 0 Å². The summed E-state index contributed by atoms with van der Waals surface area (Å²) in [6.07, 6.45) is 0. The van der Waals surface area contributed by atoms with Gasteiger partial charge < -0.3 is 4.74 Å². The molecule has 88 valence electrons. The second-order valence-electron chi connectivity index (χ2n) is 3.86. The lowest BCUT2D eigenvalue weighted by Gasteiger charge is -2.12. The number of ketones is 1. The lowest BCUT2D eigenvalue weighted by atomic mass is 9.98. The van der Waals surface area contributed by atoms with Crippen molar-refractivity contribution in [2.75, 3.05) is 12.4 Å². The van der Waals surface area contributed by atoms with Gasteiger partial charge in [0.05, 0.1) is 12.4 Å². The number of hydrogen-bond acceptors (Lipinski definition) is 2. The van der Waals surface area contributed by atoms with Crippen molar-refractivity contribution in [2.45, 2.75) is 6.92 Å². The normalized spacial score (nSPS) is 10.5. The van der Waals surface area contributed by atoms with Crippen LogP contribution in [0.1, 0.15) is 15.9 Å². The van der Waals surface area contributed by atoms with Crippen LogP contribution in [0, 0.1) is 6.92 Å². The van der Waals surface area contributed by atoms with Gasteiger partial charge in [-0.3, -0.25) is 4.79 Å². The van der Waals surface area contributed by atoms with Gasteiger partial charge >= 0.3 is 0 Å². The zero-order chi connectivity index (χ0) is 12.4. The van der Waals surface area contributed by atoms with Gasteiger partial charge in [0.2, 0.25) is 0 Å². The van der Waals surface area contributed by atoms with Crippen LogP contribution < -0.4 is 4.74 Å². The number of ether oxygens (including phenoxy) is 1. The summed E-state index contributed by atoms with van der Waals surface area (Å²) < 4.78 is 5.43. The van der Waals surface area contributed by atoms with Gasteiger partial charge in [-0.25, -0.2) is 0 Å². The summed E-state index contributed by atoms with van der Waals surface area (Å²) in [4.78, 5) is 11.8. The van der Waals surface area contributed by atoms with E-state index in [1.54, 1.807) is 7.11 Å². The molecule has 17 heavy (non-hydrogen) atoms. The van der Waals surface area contributed by atoms with Crippen LogP contribution >= 0.6 is 15.9 Å². The summed E-state index contributed by atoms with van der Waals surface area (Å²) in [6, 6.07) is 9.85. The Labute approximate surface area is 109 Å². The SMILES string of the molecule is COc1c(C)c(C(=O)CBr)cc2ccccc12. The smallest absolute Gasteiger partial charge is 0.173 e. The number of hydrogen-bond donors (Lipinski definition) is 0. The van der Waals surface area contributed by atoms with Crippen molar-refractivity contribution < 1.29 is 9.53 Å². The minimum Gasteiger partial charge on any atom is -0.496 e. The van der Waals surface area contributed by atoms with Gasteiger partial charge in [-0.1, -0.05) is 40.2 Å². The average molecular weight is 293 g/mol. The number of benzene rings is 2. The van der Waals surface area contributed by atoms with Crippen LogP contribution in [-0.4, -0.2) is 18.2 Å². The van der Waals surface area contributed by atoms with Crippen molar-refractivity contribution in [3.05, 3.63) is 41.5 Å². The molecular weight excluding hydrogens is 280 g/mol. The van der Waals surface area contributed by atoms with E-state index in [0.717, 1.165) is 27.6 Å². The van der Waals surface area contributed by atoms with Crippen LogP contribution in [0.3, 0.4) is 0 Å². The highest BCUT2D eigenvalue weighted by Crippen LogP contribution is 2.32. The molecule has 0 N–H and O–H groups in total. The zero-order valence-electron chi connectivity index (χ0n) is 9.79. The molecule has 0 heterocycles. The van der Waals surface area contributed by atoms with E-state index in [0.29, 0.717) is 5.33 Å². The Balaban J connectivity index is 2.80. The van der Waals surface area contributed by atoms with E-state index < -0.39 is 0 Å². The number of carbonyl (C=O) groups is 1. The summed E-state index contributed by atoms with van der Waals surface area (Å²) in [7, 11) is 1.64. The topological polar surface area (TPSA) is 26.3 Å². The third-order valence-corrected chi connectivity index (χ3v) is 3.39. The fraction of sp³-hybridized carbons (Fsp3) is 0.214. The molecule has 0 saturated carbocycles. The van der Waals surface area contributed by atoms with Crippen molar-refractivity contribution in [2.24, 2.45) is 0 Å². The third-order valence-electron chi connectivity index (χ3n) is 2.88. The highest BCUT2D eigenvalue weighted by molar-refractivity contribution is 9.09. The van der Waals surface area contributed by atoms with Gasteiger partial charge in [0.1, 0.15) is 5.75 Å². The van der Waals surface area contributed by atoms with Crippen molar-refractivity contribution in [1.82, 2.24) is 0 Å². The fourth-order valence-corrected chi connectivity index (χ4v) is 2.34. The lowest BCUT2D eigenvalue weighted by Crippen LogP contribution is -2.04. The van der Waals surface area contributed by atoms with E-state index in [-0.39, 0.29) is 5.78 Å². The molecule has 0 aliphatic heterocycles. The van der Waals surface area contributed by atoms with Crippen molar-refractivity contribution in [3.63, 3.8) is 0 Å². The van der Waals surface area contributed by atoms with E-state index in [4.69, 9.17) is 4.74 Å². The molecule has 0 spiro atoms. The maximum atomic E-state index is 11.8. The monoisotopic (exact) mass is 292 g/mol. The molecule has 2 nitrogen and oxygen atoms in total. The second kappa shape index (κ2) is 4.88. The molecule has 2 aromatic rings.